The van der Waals surface area contributed by atoms with Gasteiger partial charge in [-0.1, -0.05) is 12.1 Å². The lowest BCUT2D eigenvalue weighted by molar-refractivity contribution is -0.177. The quantitative estimate of drug-likeness (QED) is 0.277. The Kier molecular flexibility index (Phi) is 4.11. The minimum absolute atomic E-state index is 0.187. The molecule has 0 aromatic heterocycles. The predicted molar refractivity (Wildman–Crippen MR) is 64.0 cm³/mol. The zero-order valence-electron chi connectivity index (χ0n) is 9.85. The highest BCUT2D eigenvalue weighted by Gasteiger charge is 2.51. The van der Waals surface area contributed by atoms with Crippen molar-refractivity contribution in [2.45, 2.75) is 5.60 Å². The number of aliphatic carboxylic acids is 2. The monoisotopic (exact) mass is 282 g/mol. The standard InChI is InChI=1S/C12H10O8/c13-7-3-1-6(5-8(7)14)2-4-9(15)12(20,10(16)17)11(18)19/h1-5,13-14,20H,(H,16,17)(H,18,19). The Morgan fingerprint density at radius 1 is 1.00 bits per heavy atom. The number of rotatable bonds is 5. The van der Waals surface area contributed by atoms with Gasteiger partial charge in [0.2, 0.25) is 5.78 Å². The number of aromatic hydroxyl groups is 2. The van der Waals surface area contributed by atoms with Crippen LogP contribution in [-0.2, 0) is 14.4 Å². The maximum absolute atomic E-state index is 11.5. The summed E-state index contributed by atoms with van der Waals surface area (Å²) in [6.45, 7) is 0. The van der Waals surface area contributed by atoms with Gasteiger partial charge in [-0.05, 0) is 23.8 Å². The SMILES string of the molecule is O=C(O)C(O)(C(=O)O)C(=O)C=Cc1ccc(O)c(O)c1. The van der Waals surface area contributed by atoms with Crippen LogP contribution in [0.5, 0.6) is 11.5 Å². The fourth-order valence-electron chi connectivity index (χ4n) is 1.24. The van der Waals surface area contributed by atoms with E-state index in [0.29, 0.717) is 6.08 Å². The van der Waals surface area contributed by atoms with Gasteiger partial charge in [-0.3, -0.25) is 4.79 Å². The zero-order valence-corrected chi connectivity index (χ0v) is 9.85. The number of carbonyl (C=O) groups is 3. The lowest BCUT2D eigenvalue weighted by Gasteiger charge is -2.14. The molecule has 5 N–H and O–H groups in total. The molecule has 0 heterocycles. The van der Waals surface area contributed by atoms with E-state index < -0.39 is 34.8 Å². The molecule has 1 aromatic carbocycles. The molecule has 0 saturated carbocycles. The number of carbonyl (C=O) groups excluding carboxylic acids is 1. The van der Waals surface area contributed by atoms with Crippen LogP contribution in [0.1, 0.15) is 5.56 Å². The summed E-state index contributed by atoms with van der Waals surface area (Å²) in [5.41, 5.74) is -3.39. The van der Waals surface area contributed by atoms with Crippen molar-refractivity contribution in [2.75, 3.05) is 0 Å². The number of phenolic OH excluding ortho intramolecular Hbond substituents is 2. The number of phenols is 2. The third-order valence-electron chi connectivity index (χ3n) is 2.40. The molecule has 0 atom stereocenters. The van der Waals surface area contributed by atoms with Gasteiger partial charge in [0.15, 0.2) is 11.5 Å². The average molecular weight is 282 g/mol. The molecule has 0 bridgehead atoms. The largest absolute Gasteiger partial charge is 0.504 e. The first-order chi connectivity index (χ1) is 9.19. The normalized spacial score (nSPS) is 11.4. The van der Waals surface area contributed by atoms with Gasteiger partial charge in [0, 0.05) is 0 Å². The second-order valence-corrected chi connectivity index (χ2v) is 3.77. The second kappa shape index (κ2) is 5.41. The molecule has 8 heteroatoms. The molecular formula is C12H10O8. The van der Waals surface area contributed by atoms with E-state index >= 15 is 0 Å². The Morgan fingerprint density at radius 3 is 2.00 bits per heavy atom. The zero-order chi connectivity index (χ0) is 15.5. The molecule has 0 radical (unpaired) electrons. The van der Waals surface area contributed by atoms with Crippen molar-refractivity contribution >= 4 is 23.8 Å². The minimum atomic E-state index is -3.57. The van der Waals surface area contributed by atoms with Crippen LogP contribution in [0.4, 0.5) is 0 Å². The molecule has 0 amide bonds. The molecule has 0 saturated heterocycles. The molecule has 8 nitrogen and oxygen atoms in total. The van der Waals surface area contributed by atoms with Crippen molar-refractivity contribution in [2.24, 2.45) is 0 Å². The first-order valence-electron chi connectivity index (χ1n) is 5.13. The molecule has 0 unspecified atom stereocenters. The number of carboxylic acid groups (broad SMARTS) is 2. The summed E-state index contributed by atoms with van der Waals surface area (Å²) in [6, 6.07) is 3.44. The molecule has 0 aliphatic rings. The van der Waals surface area contributed by atoms with Crippen LogP contribution in [0.3, 0.4) is 0 Å². The first kappa shape index (κ1) is 15.2. The van der Waals surface area contributed by atoms with Crippen LogP contribution < -0.4 is 0 Å². The summed E-state index contributed by atoms with van der Waals surface area (Å²) in [4.78, 5) is 32.8. The van der Waals surface area contributed by atoms with Gasteiger partial charge in [-0.2, -0.15) is 0 Å². The third kappa shape index (κ3) is 2.75. The molecule has 0 aliphatic carbocycles. The number of ketones is 1. The molecule has 0 fully saturated rings. The second-order valence-electron chi connectivity index (χ2n) is 3.77. The highest BCUT2D eigenvalue weighted by Crippen LogP contribution is 2.25. The first-order valence-corrected chi connectivity index (χ1v) is 5.13. The van der Waals surface area contributed by atoms with Crippen LogP contribution in [0, 0.1) is 0 Å². The van der Waals surface area contributed by atoms with Gasteiger partial charge in [-0.15, -0.1) is 0 Å². The molecule has 20 heavy (non-hydrogen) atoms. The molecular weight excluding hydrogens is 272 g/mol. The maximum atomic E-state index is 11.5. The van der Waals surface area contributed by atoms with Gasteiger partial charge in [-0.25, -0.2) is 9.59 Å². The average Bonchev–Trinajstić information content (AvgIpc) is 2.38. The van der Waals surface area contributed by atoms with E-state index in [1.165, 1.54) is 6.07 Å². The number of carboxylic acids is 2. The molecule has 106 valence electrons. The van der Waals surface area contributed by atoms with Crippen LogP contribution >= 0.6 is 0 Å². The number of hydrogen-bond donors (Lipinski definition) is 5. The smallest absolute Gasteiger partial charge is 0.356 e. The van der Waals surface area contributed by atoms with Crippen LogP contribution in [0.25, 0.3) is 6.08 Å². The summed E-state index contributed by atoms with van der Waals surface area (Å²) in [7, 11) is 0. The van der Waals surface area contributed by atoms with E-state index in [1.807, 2.05) is 0 Å². The maximum Gasteiger partial charge on any atom is 0.356 e. The topological polar surface area (TPSA) is 152 Å². The Balaban J connectivity index is 3.05. The Hall–Kier alpha value is -2.87. The van der Waals surface area contributed by atoms with E-state index in [9.17, 15) is 24.6 Å². The van der Waals surface area contributed by atoms with Gasteiger partial charge in [0.05, 0.1) is 0 Å². The van der Waals surface area contributed by atoms with Crippen molar-refractivity contribution in [1.82, 2.24) is 0 Å². The molecule has 0 aliphatic heterocycles. The lowest BCUT2D eigenvalue weighted by Crippen LogP contribution is -2.52. The van der Waals surface area contributed by atoms with Crippen molar-refractivity contribution < 1.29 is 39.9 Å². The summed E-state index contributed by atoms with van der Waals surface area (Å²) >= 11 is 0. The van der Waals surface area contributed by atoms with E-state index in [-0.39, 0.29) is 5.56 Å². The van der Waals surface area contributed by atoms with Crippen LogP contribution in [0.2, 0.25) is 0 Å². The summed E-state index contributed by atoms with van der Waals surface area (Å²) < 4.78 is 0. The lowest BCUT2D eigenvalue weighted by atomic mass is 9.98. The summed E-state index contributed by atoms with van der Waals surface area (Å²) in [5, 5.41) is 44.8. The van der Waals surface area contributed by atoms with E-state index in [1.54, 1.807) is 0 Å². The van der Waals surface area contributed by atoms with E-state index in [2.05, 4.69) is 0 Å². The Labute approximate surface area is 111 Å². The summed E-state index contributed by atoms with van der Waals surface area (Å²) in [6.07, 6.45) is 1.53. The van der Waals surface area contributed by atoms with E-state index in [4.69, 9.17) is 15.3 Å². The van der Waals surface area contributed by atoms with Crippen LogP contribution in [-0.4, -0.2) is 48.9 Å². The molecule has 1 rings (SSSR count). The Bertz CT molecular complexity index is 587. The highest BCUT2D eigenvalue weighted by atomic mass is 16.5. The summed E-state index contributed by atoms with van der Waals surface area (Å²) in [5.74, 6) is -6.88. The highest BCUT2D eigenvalue weighted by molar-refractivity contribution is 6.26. The Morgan fingerprint density at radius 2 is 1.55 bits per heavy atom. The fraction of sp³-hybridized carbons (Fsp3) is 0.0833. The molecule has 1 aromatic rings. The fourth-order valence-corrected chi connectivity index (χ4v) is 1.24. The van der Waals surface area contributed by atoms with E-state index in [0.717, 1.165) is 18.2 Å². The minimum Gasteiger partial charge on any atom is -0.504 e. The van der Waals surface area contributed by atoms with Crippen molar-refractivity contribution in [1.29, 1.82) is 0 Å². The van der Waals surface area contributed by atoms with Gasteiger partial charge in [0.1, 0.15) is 0 Å². The van der Waals surface area contributed by atoms with Gasteiger partial charge in [0.25, 0.3) is 0 Å². The molecule has 0 spiro atoms. The van der Waals surface area contributed by atoms with Crippen LogP contribution in [0.15, 0.2) is 24.3 Å². The third-order valence-corrected chi connectivity index (χ3v) is 2.40. The van der Waals surface area contributed by atoms with Gasteiger partial charge >= 0.3 is 17.5 Å². The number of benzene rings is 1. The number of aliphatic hydroxyl groups is 1. The van der Waals surface area contributed by atoms with Crippen molar-refractivity contribution in [3.8, 4) is 11.5 Å². The predicted octanol–water partition coefficient (Wildman–Crippen LogP) is -0.420. The van der Waals surface area contributed by atoms with Crippen molar-refractivity contribution in [3.05, 3.63) is 29.8 Å². The van der Waals surface area contributed by atoms with Gasteiger partial charge < -0.3 is 25.5 Å². The van der Waals surface area contributed by atoms with Crippen molar-refractivity contribution in [3.63, 3.8) is 0 Å². The number of hydrogen-bond acceptors (Lipinski definition) is 6.